The molecule has 1 aromatic heterocycles. The molecule has 0 aliphatic carbocycles. The Hall–Kier alpha value is -4.76. The van der Waals surface area contributed by atoms with E-state index in [1.165, 1.54) is 17.2 Å². The molecule has 5 aromatic rings. The molecule has 1 heterocycles. The van der Waals surface area contributed by atoms with Crippen molar-refractivity contribution < 1.29 is 19.4 Å². The summed E-state index contributed by atoms with van der Waals surface area (Å²) in [6.07, 6.45) is 2.18. The van der Waals surface area contributed by atoms with Crippen LogP contribution in [0.1, 0.15) is 51.6 Å². The molecule has 0 fully saturated rings. The van der Waals surface area contributed by atoms with E-state index in [1.807, 2.05) is 36.4 Å². The number of nitrogens with zero attached hydrogens (tertiary/aromatic N) is 3. The van der Waals surface area contributed by atoms with Crippen LogP contribution in [0.2, 0.25) is 0 Å². The summed E-state index contributed by atoms with van der Waals surface area (Å²) in [5, 5.41) is 23.3. The van der Waals surface area contributed by atoms with Gasteiger partial charge in [-0.05, 0) is 73.7 Å². The molecule has 232 valence electrons. The number of phenols is 1. The first-order chi connectivity index (χ1) is 21.9. The highest BCUT2D eigenvalue weighted by atomic mass is 32.2. The highest BCUT2D eigenvalue weighted by Gasteiger charge is 2.24. The lowest BCUT2D eigenvalue weighted by Gasteiger charge is -2.20. The summed E-state index contributed by atoms with van der Waals surface area (Å²) in [4.78, 5) is 12.7. The van der Waals surface area contributed by atoms with Crippen LogP contribution in [0.5, 0.6) is 17.2 Å². The average Bonchev–Trinajstić information content (AvgIpc) is 3.50. The van der Waals surface area contributed by atoms with Crippen molar-refractivity contribution >= 4 is 17.7 Å². The quantitative estimate of drug-likeness (QED) is 0.100. The number of aromatic nitrogens is 3. The molecule has 1 amide bonds. The van der Waals surface area contributed by atoms with Crippen LogP contribution in [0, 0.1) is 6.92 Å². The predicted octanol–water partition coefficient (Wildman–Crippen LogP) is 7.13. The third-order valence-electron chi connectivity index (χ3n) is 7.63. The Morgan fingerprint density at radius 2 is 1.62 bits per heavy atom. The van der Waals surface area contributed by atoms with Crippen molar-refractivity contribution in [1.29, 1.82) is 0 Å². The Morgan fingerprint density at radius 3 is 2.36 bits per heavy atom. The van der Waals surface area contributed by atoms with E-state index in [1.54, 1.807) is 44.2 Å². The molecule has 8 nitrogen and oxygen atoms in total. The molecule has 5 rings (SSSR count). The highest BCUT2D eigenvalue weighted by Crippen LogP contribution is 2.33. The molecular formula is C36H38N4O4S. The Kier molecular flexibility index (Phi) is 10.8. The largest absolute Gasteiger partial charge is 0.507 e. The smallest absolute Gasteiger partial charge is 0.255 e. The van der Waals surface area contributed by atoms with Gasteiger partial charge in [0.15, 0.2) is 5.16 Å². The van der Waals surface area contributed by atoms with Gasteiger partial charge in [0.25, 0.3) is 5.91 Å². The zero-order chi connectivity index (χ0) is 31.6. The molecule has 0 saturated heterocycles. The number of hydrogen-bond acceptors (Lipinski definition) is 7. The van der Waals surface area contributed by atoms with Gasteiger partial charge in [-0.1, -0.05) is 71.9 Å². The number of rotatable bonds is 14. The monoisotopic (exact) mass is 622 g/mol. The average molecular weight is 623 g/mol. The zero-order valence-corrected chi connectivity index (χ0v) is 26.6. The van der Waals surface area contributed by atoms with Crippen LogP contribution < -0.4 is 14.8 Å². The number of nitrogens with one attached hydrogen (secondary N) is 1. The summed E-state index contributed by atoms with van der Waals surface area (Å²) in [5.41, 5.74) is 4.77. The molecule has 0 saturated carbocycles. The summed E-state index contributed by atoms with van der Waals surface area (Å²) in [7, 11) is 3.32. The molecule has 1 unspecified atom stereocenters. The molecule has 0 spiro atoms. The van der Waals surface area contributed by atoms with Crippen LogP contribution in [0.4, 0.5) is 0 Å². The number of aryl methyl sites for hydroxylation is 1. The van der Waals surface area contributed by atoms with Crippen molar-refractivity contribution in [3.8, 4) is 22.9 Å². The fourth-order valence-electron chi connectivity index (χ4n) is 5.14. The van der Waals surface area contributed by atoms with E-state index >= 15 is 0 Å². The summed E-state index contributed by atoms with van der Waals surface area (Å²) in [6.45, 7) is 2.54. The van der Waals surface area contributed by atoms with Crippen molar-refractivity contribution in [2.75, 3.05) is 20.8 Å². The molecule has 0 radical (unpaired) electrons. The molecular weight excluding hydrogens is 584 g/mol. The van der Waals surface area contributed by atoms with Gasteiger partial charge in [0.2, 0.25) is 0 Å². The van der Waals surface area contributed by atoms with E-state index in [0.29, 0.717) is 13.0 Å². The zero-order valence-electron chi connectivity index (χ0n) is 25.8. The fourth-order valence-corrected chi connectivity index (χ4v) is 6.06. The van der Waals surface area contributed by atoms with E-state index in [2.05, 4.69) is 53.2 Å². The van der Waals surface area contributed by atoms with Crippen LogP contribution >= 0.6 is 11.8 Å². The number of benzene rings is 4. The van der Waals surface area contributed by atoms with E-state index in [4.69, 9.17) is 19.7 Å². The lowest BCUT2D eigenvalue weighted by Crippen LogP contribution is -2.25. The topological polar surface area (TPSA) is 98.5 Å². The molecule has 0 aliphatic rings. The molecule has 0 aliphatic heterocycles. The summed E-state index contributed by atoms with van der Waals surface area (Å²) >= 11 is 1.65. The minimum absolute atomic E-state index is 0.00662. The molecule has 9 heteroatoms. The first kappa shape index (κ1) is 31.7. The molecule has 45 heavy (non-hydrogen) atoms. The maximum atomic E-state index is 12.7. The van der Waals surface area contributed by atoms with Crippen LogP contribution in [0.3, 0.4) is 0 Å². The van der Waals surface area contributed by atoms with Gasteiger partial charge in [0.05, 0.1) is 25.5 Å². The third-order valence-corrected chi connectivity index (χ3v) is 8.63. The Labute approximate surface area is 268 Å². The second-order valence-electron chi connectivity index (χ2n) is 10.8. The fraction of sp³-hybridized carbons (Fsp3) is 0.250. The van der Waals surface area contributed by atoms with Gasteiger partial charge in [-0.3, -0.25) is 9.36 Å². The van der Waals surface area contributed by atoms with Gasteiger partial charge in [0.1, 0.15) is 23.1 Å². The Balaban J connectivity index is 1.43. The van der Waals surface area contributed by atoms with Crippen molar-refractivity contribution in [2.24, 2.45) is 0 Å². The number of ether oxygens (including phenoxy) is 2. The van der Waals surface area contributed by atoms with Crippen LogP contribution in [0.25, 0.3) is 5.69 Å². The summed E-state index contributed by atoms with van der Waals surface area (Å²) < 4.78 is 13.1. The number of para-hydroxylation sites is 1. The number of carbonyl (C=O) groups is 1. The van der Waals surface area contributed by atoms with Gasteiger partial charge >= 0.3 is 0 Å². The molecule has 0 bridgehead atoms. The number of phenolic OH excluding ortho intramolecular Hbond substituents is 1. The predicted molar refractivity (Wildman–Crippen MR) is 178 cm³/mol. The second-order valence-corrected chi connectivity index (χ2v) is 11.8. The van der Waals surface area contributed by atoms with Crippen molar-refractivity contribution in [2.45, 2.75) is 43.0 Å². The van der Waals surface area contributed by atoms with Crippen LogP contribution in [-0.2, 0) is 12.2 Å². The highest BCUT2D eigenvalue weighted by molar-refractivity contribution is 7.98. The van der Waals surface area contributed by atoms with Crippen LogP contribution in [-0.4, -0.2) is 46.5 Å². The lowest BCUT2D eigenvalue weighted by atomic mass is 9.93. The van der Waals surface area contributed by atoms with Crippen molar-refractivity contribution in [3.05, 3.63) is 125 Å². The number of amides is 1. The minimum Gasteiger partial charge on any atom is -0.507 e. The lowest BCUT2D eigenvalue weighted by molar-refractivity contribution is 0.0950. The van der Waals surface area contributed by atoms with E-state index < -0.39 is 0 Å². The van der Waals surface area contributed by atoms with E-state index in [9.17, 15) is 9.90 Å². The first-order valence-corrected chi connectivity index (χ1v) is 15.9. The van der Waals surface area contributed by atoms with Crippen LogP contribution in [0.15, 0.2) is 102 Å². The van der Waals surface area contributed by atoms with E-state index in [0.717, 1.165) is 52.3 Å². The molecule has 1 atom stereocenters. The normalized spacial score (nSPS) is 11.6. The van der Waals surface area contributed by atoms with Crippen molar-refractivity contribution in [1.82, 2.24) is 20.1 Å². The van der Waals surface area contributed by atoms with Gasteiger partial charge in [-0.25, -0.2) is 0 Å². The van der Waals surface area contributed by atoms with Gasteiger partial charge < -0.3 is 19.9 Å². The summed E-state index contributed by atoms with van der Waals surface area (Å²) in [6, 6.07) is 31.1. The maximum Gasteiger partial charge on any atom is 0.255 e. The Bertz CT molecular complexity index is 1700. The number of hydrogen-bond donors (Lipinski definition) is 2. The minimum atomic E-state index is -0.297. The summed E-state index contributed by atoms with van der Waals surface area (Å²) in [5.74, 6) is 2.81. The van der Waals surface area contributed by atoms with Crippen molar-refractivity contribution in [3.63, 3.8) is 0 Å². The molecule has 4 aromatic carbocycles. The first-order valence-electron chi connectivity index (χ1n) is 14.9. The Morgan fingerprint density at radius 1 is 0.889 bits per heavy atom. The number of thioether (sulfide) groups is 1. The van der Waals surface area contributed by atoms with E-state index in [-0.39, 0.29) is 23.1 Å². The number of aromatic hydroxyl groups is 1. The number of methoxy groups -OCH3 is 2. The molecule has 2 N–H and O–H groups in total. The van der Waals surface area contributed by atoms with Gasteiger partial charge in [-0.2, -0.15) is 0 Å². The third kappa shape index (κ3) is 8.25. The maximum absolute atomic E-state index is 12.7. The number of carbonyl (C=O) groups excluding carboxylic acids is 1. The standard InChI is InChI=1S/C36H38N4O4S/c1-25-13-15-27(16-14-25)24-45-36-39-38-34(40(36)29-9-6-10-31(23-29)44-3)28(22-26-17-19-30(43-2)20-18-26)8-7-21-37-35(42)32-11-4-5-12-33(32)41/h4-6,9-20,23,28,41H,7-8,21-22,24H2,1-3H3,(H,37,42). The van der Waals surface area contributed by atoms with Gasteiger partial charge in [-0.15, -0.1) is 10.2 Å². The SMILES string of the molecule is COc1ccc(CC(CCCNC(=O)c2ccccc2O)c2nnc(SCc3ccc(C)cc3)n2-c2cccc(OC)c2)cc1. The second kappa shape index (κ2) is 15.3. The van der Waals surface area contributed by atoms with Gasteiger partial charge in [0, 0.05) is 24.3 Å².